The number of carbonyl (C=O) groups excluding carboxylic acids is 1. The van der Waals surface area contributed by atoms with Crippen molar-refractivity contribution in [3.8, 4) is 0 Å². The molecule has 0 heterocycles. The van der Waals surface area contributed by atoms with Crippen LogP contribution in [0.25, 0.3) is 6.08 Å². The fourth-order valence-corrected chi connectivity index (χ4v) is 2.51. The molecule has 0 N–H and O–H groups in total. The van der Waals surface area contributed by atoms with E-state index in [0.717, 1.165) is 6.26 Å². The van der Waals surface area contributed by atoms with Crippen molar-refractivity contribution in [3.63, 3.8) is 0 Å². The van der Waals surface area contributed by atoms with Gasteiger partial charge in [-0.1, -0.05) is 18.2 Å². The first-order chi connectivity index (χ1) is 10.8. The zero-order valence-corrected chi connectivity index (χ0v) is 13.0. The summed E-state index contributed by atoms with van der Waals surface area (Å²) >= 11 is 0. The third kappa shape index (κ3) is 4.33. The predicted octanol–water partition coefficient (Wildman–Crippen LogP) is 2.89. The highest BCUT2D eigenvalue weighted by Crippen LogP contribution is 2.15. The van der Waals surface area contributed by atoms with Crippen molar-refractivity contribution in [1.82, 2.24) is 0 Å². The van der Waals surface area contributed by atoms with Gasteiger partial charge in [0.15, 0.2) is 15.6 Å². The second-order valence-corrected chi connectivity index (χ2v) is 6.86. The first kappa shape index (κ1) is 16.6. The molecule has 0 atom stereocenters. The van der Waals surface area contributed by atoms with Crippen molar-refractivity contribution >= 4 is 27.4 Å². The summed E-state index contributed by atoms with van der Waals surface area (Å²) in [7, 11) is -3.31. The van der Waals surface area contributed by atoms with Crippen LogP contribution in [0.1, 0.15) is 15.9 Å². The normalized spacial score (nSPS) is 11.5. The quantitative estimate of drug-likeness (QED) is 0.363. The van der Waals surface area contributed by atoms with Crippen LogP contribution in [0.4, 0.5) is 5.69 Å². The van der Waals surface area contributed by atoms with E-state index in [1.54, 1.807) is 6.07 Å². The Hall–Kier alpha value is -2.80. The zero-order chi connectivity index (χ0) is 17.0. The molecule has 0 bridgehead atoms. The number of nitro groups is 1. The third-order valence-electron chi connectivity index (χ3n) is 3.08. The molecule has 0 saturated heterocycles. The van der Waals surface area contributed by atoms with Gasteiger partial charge in [0.05, 0.1) is 9.82 Å². The summed E-state index contributed by atoms with van der Waals surface area (Å²) in [6.45, 7) is 0. The Labute approximate surface area is 133 Å². The molecule has 2 aromatic carbocycles. The number of nitro benzene ring substituents is 1. The SMILES string of the molecule is CS(=O)(=O)c1ccc(C(=O)/C=C/c2cccc([N+](=O)[O-])c2)cc1. The topological polar surface area (TPSA) is 94.3 Å². The maximum atomic E-state index is 12.0. The Morgan fingerprint density at radius 1 is 1.13 bits per heavy atom. The molecule has 118 valence electrons. The fourth-order valence-electron chi connectivity index (χ4n) is 1.88. The van der Waals surface area contributed by atoms with E-state index < -0.39 is 14.8 Å². The first-order valence-corrected chi connectivity index (χ1v) is 8.43. The van der Waals surface area contributed by atoms with E-state index in [9.17, 15) is 23.3 Å². The van der Waals surface area contributed by atoms with E-state index in [0.29, 0.717) is 11.1 Å². The van der Waals surface area contributed by atoms with Crippen molar-refractivity contribution in [2.45, 2.75) is 4.90 Å². The second-order valence-electron chi connectivity index (χ2n) is 4.85. The molecule has 0 radical (unpaired) electrons. The number of allylic oxidation sites excluding steroid dienone is 1. The van der Waals surface area contributed by atoms with Gasteiger partial charge >= 0.3 is 0 Å². The van der Waals surface area contributed by atoms with Gasteiger partial charge in [-0.3, -0.25) is 14.9 Å². The summed E-state index contributed by atoms with van der Waals surface area (Å²) in [5.74, 6) is -0.323. The number of hydrogen-bond donors (Lipinski definition) is 0. The Kier molecular flexibility index (Phi) is 4.71. The van der Waals surface area contributed by atoms with E-state index in [2.05, 4.69) is 0 Å². The van der Waals surface area contributed by atoms with Crippen LogP contribution in [0.2, 0.25) is 0 Å². The van der Waals surface area contributed by atoms with Crippen LogP contribution in [-0.2, 0) is 9.84 Å². The van der Waals surface area contributed by atoms with Gasteiger partial charge in [0.2, 0.25) is 0 Å². The van der Waals surface area contributed by atoms with E-state index in [1.165, 1.54) is 54.6 Å². The Bertz CT molecular complexity index is 883. The molecule has 0 saturated carbocycles. The van der Waals surface area contributed by atoms with Gasteiger partial charge in [-0.25, -0.2) is 8.42 Å². The number of hydrogen-bond acceptors (Lipinski definition) is 5. The number of benzene rings is 2. The lowest BCUT2D eigenvalue weighted by Crippen LogP contribution is -1.99. The lowest BCUT2D eigenvalue weighted by Gasteiger charge is -2.00. The summed E-state index contributed by atoms with van der Waals surface area (Å²) in [4.78, 5) is 22.3. The van der Waals surface area contributed by atoms with Gasteiger partial charge in [0.25, 0.3) is 5.69 Å². The molecule has 0 spiro atoms. The molecule has 0 aliphatic carbocycles. The van der Waals surface area contributed by atoms with Crippen LogP contribution >= 0.6 is 0 Å². The van der Waals surface area contributed by atoms with Crippen LogP contribution in [0, 0.1) is 10.1 Å². The number of ketones is 1. The van der Waals surface area contributed by atoms with Gasteiger partial charge in [0.1, 0.15) is 0 Å². The lowest BCUT2D eigenvalue weighted by atomic mass is 10.1. The molecule has 0 fully saturated rings. The van der Waals surface area contributed by atoms with Gasteiger partial charge in [-0.2, -0.15) is 0 Å². The zero-order valence-electron chi connectivity index (χ0n) is 12.2. The predicted molar refractivity (Wildman–Crippen MR) is 86.0 cm³/mol. The number of rotatable bonds is 5. The maximum absolute atomic E-state index is 12.0. The van der Waals surface area contributed by atoms with Crippen molar-refractivity contribution in [1.29, 1.82) is 0 Å². The molecule has 0 unspecified atom stereocenters. The third-order valence-corrected chi connectivity index (χ3v) is 4.20. The Morgan fingerprint density at radius 3 is 2.35 bits per heavy atom. The fraction of sp³-hybridized carbons (Fsp3) is 0.0625. The van der Waals surface area contributed by atoms with Gasteiger partial charge in [0, 0.05) is 24.0 Å². The van der Waals surface area contributed by atoms with Crippen LogP contribution in [0.3, 0.4) is 0 Å². The number of nitrogens with zero attached hydrogens (tertiary/aromatic N) is 1. The monoisotopic (exact) mass is 331 g/mol. The molecular formula is C16H13NO5S. The van der Waals surface area contributed by atoms with Crippen molar-refractivity contribution in [3.05, 3.63) is 75.8 Å². The van der Waals surface area contributed by atoms with E-state index in [-0.39, 0.29) is 16.4 Å². The molecule has 0 amide bonds. The van der Waals surface area contributed by atoms with Crippen LogP contribution in [0.5, 0.6) is 0 Å². The molecule has 7 heteroatoms. The highest BCUT2D eigenvalue weighted by atomic mass is 32.2. The summed E-state index contributed by atoms with van der Waals surface area (Å²) in [5.41, 5.74) is 0.802. The molecule has 2 aromatic rings. The van der Waals surface area contributed by atoms with Crippen LogP contribution < -0.4 is 0 Å². The molecule has 6 nitrogen and oxygen atoms in total. The number of non-ortho nitro benzene ring substituents is 1. The standard InChI is InChI=1S/C16H13NO5S/c1-23(21,22)15-8-6-13(7-9-15)16(18)10-5-12-3-2-4-14(11-12)17(19)20/h2-11H,1H3/b10-5+. The largest absolute Gasteiger partial charge is 0.289 e. The first-order valence-electron chi connectivity index (χ1n) is 6.54. The van der Waals surface area contributed by atoms with Crippen LogP contribution in [0.15, 0.2) is 59.5 Å². The summed E-state index contributed by atoms with van der Waals surface area (Å²) in [6, 6.07) is 11.5. The number of carbonyl (C=O) groups is 1. The average molecular weight is 331 g/mol. The molecular weight excluding hydrogens is 318 g/mol. The van der Waals surface area contributed by atoms with E-state index >= 15 is 0 Å². The van der Waals surface area contributed by atoms with E-state index in [4.69, 9.17) is 0 Å². The molecule has 23 heavy (non-hydrogen) atoms. The molecule has 0 aliphatic rings. The lowest BCUT2D eigenvalue weighted by molar-refractivity contribution is -0.384. The van der Waals surface area contributed by atoms with Crippen molar-refractivity contribution < 1.29 is 18.1 Å². The van der Waals surface area contributed by atoms with Gasteiger partial charge in [-0.05, 0) is 35.9 Å². The van der Waals surface area contributed by atoms with Gasteiger partial charge in [-0.15, -0.1) is 0 Å². The van der Waals surface area contributed by atoms with Gasteiger partial charge < -0.3 is 0 Å². The molecule has 2 rings (SSSR count). The van der Waals surface area contributed by atoms with Crippen molar-refractivity contribution in [2.75, 3.05) is 6.26 Å². The van der Waals surface area contributed by atoms with Crippen LogP contribution in [-0.4, -0.2) is 25.4 Å². The minimum atomic E-state index is -3.31. The minimum Gasteiger partial charge on any atom is -0.289 e. The summed E-state index contributed by atoms with van der Waals surface area (Å²) < 4.78 is 22.7. The Balaban J connectivity index is 2.18. The maximum Gasteiger partial charge on any atom is 0.270 e. The van der Waals surface area contributed by atoms with Crippen molar-refractivity contribution in [2.24, 2.45) is 0 Å². The number of sulfone groups is 1. The van der Waals surface area contributed by atoms with E-state index in [1.807, 2.05) is 0 Å². The Morgan fingerprint density at radius 2 is 1.78 bits per heavy atom. The second kappa shape index (κ2) is 6.53. The highest BCUT2D eigenvalue weighted by Gasteiger charge is 2.08. The molecule has 0 aromatic heterocycles. The smallest absolute Gasteiger partial charge is 0.270 e. The highest BCUT2D eigenvalue weighted by molar-refractivity contribution is 7.90. The average Bonchev–Trinajstić information content (AvgIpc) is 2.52. The minimum absolute atomic E-state index is 0.0582. The summed E-state index contributed by atoms with van der Waals surface area (Å²) in [5, 5.41) is 10.7. The molecule has 0 aliphatic heterocycles. The summed E-state index contributed by atoms with van der Waals surface area (Å²) in [6.07, 6.45) is 3.85.